The normalized spacial score (nSPS) is 25.5. The number of nitrogens with zero attached hydrogens (tertiary/aromatic N) is 6. The fourth-order valence-electron chi connectivity index (χ4n) is 5.57. The lowest BCUT2D eigenvalue weighted by atomic mass is 9.92. The van der Waals surface area contributed by atoms with Crippen LogP contribution in [0.25, 0.3) is 11.4 Å². The fraction of sp³-hybridized carbons (Fsp3) is 0.583. The number of ether oxygens (including phenoxy) is 2. The molecule has 11 heteroatoms. The van der Waals surface area contributed by atoms with Crippen LogP contribution in [0.3, 0.4) is 0 Å². The Labute approximate surface area is 201 Å². The summed E-state index contributed by atoms with van der Waals surface area (Å²) in [7, 11) is 1.80. The van der Waals surface area contributed by atoms with Crippen LogP contribution in [0, 0.1) is 24.7 Å². The van der Waals surface area contributed by atoms with Crippen molar-refractivity contribution in [1.29, 1.82) is 0 Å². The van der Waals surface area contributed by atoms with Gasteiger partial charge in [0.25, 0.3) is 0 Å². The maximum Gasteiger partial charge on any atom is 0.354 e. The summed E-state index contributed by atoms with van der Waals surface area (Å²) in [5.74, 6) is 1.45. The first-order valence-electron chi connectivity index (χ1n) is 12.2. The van der Waals surface area contributed by atoms with Crippen LogP contribution in [0.4, 0.5) is 0 Å². The largest absolute Gasteiger partial charge is 0.489 e. The molecule has 0 aromatic carbocycles. The number of hydrogen-bond acceptors (Lipinski definition) is 9. The second-order valence-electron chi connectivity index (χ2n) is 9.92. The van der Waals surface area contributed by atoms with Crippen LogP contribution < -0.4 is 9.47 Å². The van der Waals surface area contributed by atoms with Crippen LogP contribution in [0.2, 0.25) is 0 Å². The van der Waals surface area contributed by atoms with E-state index in [1.54, 1.807) is 11.7 Å². The van der Waals surface area contributed by atoms with Gasteiger partial charge in [0.1, 0.15) is 23.7 Å². The number of aryl methyl sites for hydroxylation is 2. The second kappa shape index (κ2) is 8.62. The van der Waals surface area contributed by atoms with Gasteiger partial charge in [-0.2, -0.15) is 4.98 Å². The Bertz CT molecular complexity index is 1250. The van der Waals surface area contributed by atoms with E-state index in [9.17, 15) is 9.90 Å². The lowest BCUT2D eigenvalue weighted by Gasteiger charge is -2.18. The molecule has 3 aliphatic rings. The molecule has 3 aliphatic carbocycles. The molecule has 35 heavy (non-hydrogen) atoms. The number of hydrogen-bond donors (Lipinski definition) is 1. The molecule has 6 rings (SSSR count). The molecule has 3 heterocycles. The smallest absolute Gasteiger partial charge is 0.354 e. The maximum atomic E-state index is 11.5. The zero-order chi connectivity index (χ0) is 24.1. The number of carboxylic acid groups (broad SMARTS) is 1. The monoisotopic (exact) mass is 480 g/mol. The van der Waals surface area contributed by atoms with Gasteiger partial charge in [0.2, 0.25) is 5.89 Å². The van der Waals surface area contributed by atoms with E-state index in [0.29, 0.717) is 34.9 Å². The van der Waals surface area contributed by atoms with Crippen LogP contribution in [-0.4, -0.2) is 47.3 Å². The summed E-state index contributed by atoms with van der Waals surface area (Å²) in [5, 5.41) is 21.8. The van der Waals surface area contributed by atoms with E-state index in [1.807, 2.05) is 19.1 Å². The van der Waals surface area contributed by atoms with Crippen molar-refractivity contribution in [3.05, 3.63) is 29.4 Å². The molecule has 0 amide bonds. The van der Waals surface area contributed by atoms with Crippen LogP contribution in [0.1, 0.15) is 61.7 Å². The standard InChI is InChI=1S/C24H28N6O5/c1-12-20(34-15-9-14-5-6-16(23(31)32)17(14)10-15)8-7-18(25-12)21-19(30(2)29-27-21)11-33-24-26-22(35-28-24)13-3-4-13/h7-8,13-17H,3-6,9-11H2,1-2H3,(H,31,32)/t14-,15+,16+,17+/m0/s1. The highest BCUT2D eigenvalue weighted by molar-refractivity contribution is 5.71. The van der Waals surface area contributed by atoms with Crippen molar-refractivity contribution in [3.63, 3.8) is 0 Å². The molecule has 0 saturated heterocycles. The Kier molecular flexibility index (Phi) is 5.42. The van der Waals surface area contributed by atoms with Crippen molar-refractivity contribution in [3.8, 4) is 23.1 Å². The summed E-state index contributed by atoms with van der Waals surface area (Å²) in [6.07, 6.45) is 5.62. The topological polar surface area (TPSA) is 138 Å². The van der Waals surface area contributed by atoms with Crippen molar-refractivity contribution in [2.24, 2.45) is 24.8 Å². The van der Waals surface area contributed by atoms with Crippen LogP contribution in [0.5, 0.6) is 11.8 Å². The van der Waals surface area contributed by atoms with Gasteiger partial charge in [-0.1, -0.05) is 5.21 Å². The molecule has 184 valence electrons. The van der Waals surface area contributed by atoms with E-state index in [0.717, 1.165) is 49.9 Å². The van der Waals surface area contributed by atoms with Gasteiger partial charge in [0.15, 0.2) is 0 Å². The van der Waals surface area contributed by atoms with E-state index < -0.39 is 5.97 Å². The van der Waals surface area contributed by atoms with Crippen molar-refractivity contribution in [2.75, 3.05) is 0 Å². The molecule has 3 saturated carbocycles. The average Bonchev–Trinajstić information content (AvgIpc) is 3.12. The average molecular weight is 481 g/mol. The van der Waals surface area contributed by atoms with Crippen molar-refractivity contribution < 1.29 is 23.9 Å². The molecule has 1 N–H and O–H groups in total. The summed E-state index contributed by atoms with van der Waals surface area (Å²) in [5.41, 5.74) is 2.78. The zero-order valence-corrected chi connectivity index (χ0v) is 19.8. The molecule has 0 unspecified atom stereocenters. The Morgan fingerprint density at radius 1 is 1.20 bits per heavy atom. The van der Waals surface area contributed by atoms with Gasteiger partial charge in [0.05, 0.1) is 23.4 Å². The van der Waals surface area contributed by atoms with E-state index in [1.165, 1.54) is 0 Å². The highest BCUT2D eigenvalue weighted by Crippen LogP contribution is 2.48. The maximum absolute atomic E-state index is 11.5. The highest BCUT2D eigenvalue weighted by Gasteiger charge is 2.47. The third kappa shape index (κ3) is 4.23. The second-order valence-corrected chi connectivity index (χ2v) is 9.92. The summed E-state index contributed by atoms with van der Waals surface area (Å²) in [6.45, 7) is 2.08. The molecule has 3 aromatic rings. The highest BCUT2D eigenvalue weighted by atomic mass is 16.6. The Morgan fingerprint density at radius 2 is 2.06 bits per heavy atom. The molecule has 3 fully saturated rings. The van der Waals surface area contributed by atoms with Crippen molar-refractivity contribution in [1.82, 2.24) is 30.1 Å². The fourth-order valence-corrected chi connectivity index (χ4v) is 5.57. The number of pyridine rings is 1. The van der Waals surface area contributed by atoms with Gasteiger partial charge < -0.3 is 19.1 Å². The van der Waals surface area contributed by atoms with Gasteiger partial charge in [-0.3, -0.25) is 4.79 Å². The molecule has 11 nitrogen and oxygen atoms in total. The number of fused-ring (bicyclic) bond motifs is 1. The Balaban J connectivity index is 1.14. The van der Waals surface area contributed by atoms with E-state index in [4.69, 9.17) is 19.0 Å². The first-order valence-corrected chi connectivity index (χ1v) is 12.2. The van der Waals surface area contributed by atoms with Gasteiger partial charge in [-0.15, -0.1) is 5.10 Å². The van der Waals surface area contributed by atoms with Gasteiger partial charge >= 0.3 is 12.0 Å². The lowest BCUT2D eigenvalue weighted by molar-refractivity contribution is -0.143. The summed E-state index contributed by atoms with van der Waals surface area (Å²) in [4.78, 5) is 20.6. The van der Waals surface area contributed by atoms with E-state index in [-0.39, 0.29) is 30.6 Å². The number of aromatic nitrogens is 6. The quantitative estimate of drug-likeness (QED) is 0.511. The van der Waals surface area contributed by atoms with Crippen LogP contribution >= 0.6 is 0 Å². The number of rotatable bonds is 8. The van der Waals surface area contributed by atoms with Gasteiger partial charge in [-0.25, -0.2) is 9.67 Å². The third-order valence-electron chi connectivity index (χ3n) is 7.59. The van der Waals surface area contributed by atoms with E-state index >= 15 is 0 Å². The Hall–Kier alpha value is -3.50. The number of carbonyl (C=O) groups is 1. The molecule has 0 spiro atoms. The summed E-state index contributed by atoms with van der Waals surface area (Å²) < 4.78 is 18.9. The summed E-state index contributed by atoms with van der Waals surface area (Å²) >= 11 is 0. The molecule has 3 aromatic heterocycles. The number of aliphatic carboxylic acids is 1. The lowest BCUT2D eigenvalue weighted by Crippen LogP contribution is -2.21. The number of carboxylic acids is 1. The first kappa shape index (κ1) is 22.0. The minimum absolute atomic E-state index is 0.0227. The van der Waals surface area contributed by atoms with Crippen molar-refractivity contribution in [2.45, 2.75) is 64.1 Å². The molecule has 0 radical (unpaired) electrons. The van der Waals surface area contributed by atoms with Gasteiger partial charge in [-0.05, 0) is 74.6 Å². The van der Waals surface area contributed by atoms with Gasteiger partial charge in [0, 0.05) is 13.0 Å². The Morgan fingerprint density at radius 3 is 2.83 bits per heavy atom. The zero-order valence-electron chi connectivity index (χ0n) is 19.8. The SMILES string of the molecule is Cc1nc(-c2nnn(C)c2COc2noc(C3CC3)n2)ccc1O[C@@H]1C[C@@H]2CC[C@@H](C(=O)O)[C@@H]2C1. The van der Waals surface area contributed by atoms with E-state index in [2.05, 4.69) is 20.5 Å². The first-order chi connectivity index (χ1) is 17.0. The molecular weight excluding hydrogens is 452 g/mol. The molecule has 0 aliphatic heterocycles. The third-order valence-corrected chi connectivity index (χ3v) is 7.59. The molecule has 4 atom stereocenters. The molecule has 0 bridgehead atoms. The predicted octanol–water partition coefficient (Wildman–Crippen LogP) is 3.29. The van der Waals surface area contributed by atoms with Crippen LogP contribution in [0.15, 0.2) is 16.7 Å². The van der Waals surface area contributed by atoms with Crippen LogP contribution in [-0.2, 0) is 18.4 Å². The molecular formula is C24H28N6O5. The van der Waals surface area contributed by atoms with Crippen molar-refractivity contribution >= 4 is 5.97 Å². The summed E-state index contributed by atoms with van der Waals surface area (Å²) in [6, 6.07) is 3.98. The minimum Gasteiger partial charge on any atom is -0.489 e. The minimum atomic E-state index is -0.674. The predicted molar refractivity (Wildman–Crippen MR) is 121 cm³/mol.